The Bertz CT molecular complexity index is 1070. The van der Waals surface area contributed by atoms with Crippen molar-refractivity contribution in [1.82, 2.24) is 4.90 Å². The van der Waals surface area contributed by atoms with Gasteiger partial charge in [0.25, 0.3) is 11.1 Å². The molecule has 0 bridgehead atoms. The largest absolute Gasteiger partial charge is 0.490 e. The van der Waals surface area contributed by atoms with Gasteiger partial charge in [0.05, 0.1) is 30.2 Å². The molecule has 0 N–H and O–H groups in total. The zero-order valence-electron chi connectivity index (χ0n) is 17.2. The number of methoxy groups -OCH3 is 1. The number of nitrogens with zero attached hydrogens (tertiary/aromatic N) is 1. The van der Waals surface area contributed by atoms with E-state index in [9.17, 15) is 14.4 Å². The number of halogens is 2. The number of rotatable bonds is 8. The van der Waals surface area contributed by atoms with Gasteiger partial charge in [0, 0.05) is 4.47 Å². The molecule has 2 aromatic rings. The third-order valence-electron chi connectivity index (χ3n) is 4.32. The first kappa shape index (κ1) is 24.2. The highest BCUT2D eigenvalue weighted by Crippen LogP contribution is 2.39. The Labute approximate surface area is 202 Å². The molecule has 1 saturated heterocycles. The highest BCUT2D eigenvalue weighted by molar-refractivity contribution is 9.10. The van der Waals surface area contributed by atoms with Gasteiger partial charge >= 0.3 is 5.97 Å². The highest BCUT2D eigenvalue weighted by atomic mass is 79.9. The van der Waals surface area contributed by atoms with Gasteiger partial charge in [-0.1, -0.05) is 39.7 Å². The molecule has 32 heavy (non-hydrogen) atoms. The lowest BCUT2D eigenvalue weighted by atomic mass is 10.1. The summed E-state index contributed by atoms with van der Waals surface area (Å²) in [7, 11) is 1.25. The summed E-state index contributed by atoms with van der Waals surface area (Å²) in [5.74, 6) is -0.446. The minimum atomic E-state index is -0.563. The summed E-state index contributed by atoms with van der Waals surface area (Å²) in [5.41, 5.74) is 1.39. The van der Waals surface area contributed by atoms with E-state index >= 15 is 0 Å². The maximum Gasteiger partial charge on any atom is 0.343 e. The van der Waals surface area contributed by atoms with E-state index in [-0.39, 0.29) is 40.0 Å². The molecular formula is C22H19BrClNO6S. The van der Waals surface area contributed by atoms with Crippen molar-refractivity contribution in [2.24, 2.45) is 0 Å². The molecule has 0 spiro atoms. The van der Waals surface area contributed by atoms with Crippen LogP contribution in [0.15, 0.2) is 45.8 Å². The molecule has 0 radical (unpaired) electrons. The SMILES string of the molecule is CCOc1cc(/C=C2\SC(=O)N(Cc3ccc(Br)cc3)C2=O)cc(Cl)c1OCC(=O)OC. The van der Waals surface area contributed by atoms with E-state index in [1.165, 1.54) is 12.0 Å². The topological polar surface area (TPSA) is 82.1 Å². The maximum absolute atomic E-state index is 12.8. The van der Waals surface area contributed by atoms with Crippen LogP contribution in [0.3, 0.4) is 0 Å². The fraction of sp³-hybridized carbons (Fsp3) is 0.227. The lowest BCUT2D eigenvalue weighted by Gasteiger charge is -2.14. The molecule has 2 aromatic carbocycles. The van der Waals surface area contributed by atoms with Gasteiger partial charge in [-0.05, 0) is 60.2 Å². The number of esters is 1. The van der Waals surface area contributed by atoms with Crippen LogP contribution < -0.4 is 9.47 Å². The lowest BCUT2D eigenvalue weighted by molar-refractivity contribution is -0.142. The molecule has 0 unspecified atom stereocenters. The molecule has 1 aliphatic heterocycles. The van der Waals surface area contributed by atoms with E-state index in [2.05, 4.69) is 20.7 Å². The van der Waals surface area contributed by atoms with Crippen LogP contribution in [0.5, 0.6) is 11.5 Å². The summed E-state index contributed by atoms with van der Waals surface area (Å²) in [6, 6.07) is 10.6. The number of carbonyl (C=O) groups excluding carboxylic acids is 3. The molecule has 0 saturated carbocycles. The van der Waals surface area contributed by atoms with E-state index in [1.54, 1.807) is 25.1 Å². The first-order valence-electron chi connectivity index (χ1n) is 9.48. The van der Waals surface area contributed by atoms with Crippen molar-refractivity contribution in [3.05, 3.63) is 61.9 Å². The van der Waals surface area contributed by atoms with Crippen LogP contribution in [0.2, 0.25) is 5.02 Å². The summed E-state index contributed by atoms with van der Waals surface area (Å²) >= 11 is 10.6. The van der Waals surface area contributed by atoms with Gasteiger partial charge < -0.3 is 14.2 Å². The van der Waals surface area contributed by atoms with E-state index in [4.69, 9.17) is 21.1 Å². The highest BCUT2D eigenvalue weighted by Gasteiger charge is 2.35. The number of thioether (sulfide) groups is 1. The Balaban J connectivity index is 1.83. The smallest absolute Gasteiger partial charge is 0.343 e. The quantitative estimate of drug-likeness (QED) is 0.332. The van der Waals surface area contributed by atoms with Crippen LogP contribution in [-0.2, 0) is 20.9 Å². The number of hydrogen-bond donors (Lipinski definition) is 0. The molecule has 0 aromatic heterocycles. The number of benzene rings is 2. The molecule has 7 nitrogen and oxygen atoms in total. The van der Waals surface area contributed by atoms with Gasteiger partial charge in [-0.2, -0.15) is 0 Å². The van der Waals surface area contributed by atoms with Crippen LogP contribution >= 0.6 is 39.3 Å². The van der Waals surface area contributed by atoms with E-state index < -0.39 is 5.97 Å². The second kappa shape index (κ2) is 10.9. The second-order valence-corrected chi connectivity index (χ2v) is 8.84. The van der Waals surface area contributed by atoms with Gasteiger partial charge in [0.1, 0.15) is 0 Å². The van der Waals surface area contributed by atoms with Crippen molar-refractivity contribution < 1.29 is 28.6 Å². The number of hydrogen-bond acceptors (Lipinski definition) is 7. The van der Waals surface area contributed by atoms with Crippen LogP contribution in [0.25, 0.3) is 6.08 Å². The van der Waals surface area contributed by atoms with Crippen molar-refractivity contribution in [2.45, 2.75) is 13.5 Å². The van der Waals surface area contributed by atoms with Crippen molar-refractivity contribution in [1.29, 1.82) is 0 Å². The molecule has 2 amide bonds. The summed E-state index contributed by atoms with van der Waals surface area (Å²) in [4.78, 5) is 38.1. The zero-order chi connectivity index (χ0) is 23.3. The third-order valence-corrected chi connectivity index (χ3v) is 6.04. The molecule has 1 fully saturated rings. The van der Waals surface area contributed by atoms with Gasteiger partial charge in [-0.3, -0.25) is 14.5 Å². The summed E-state index contributed by atoms with van der Waals surface area (Å²) < 4.78 is 16.5. The first-order valence-corrected chi connectivity index (χ1v) is 11.5. The van der Waals surface area contributed by atoms with Crippen LogP contribution in [0, 0.1) is 0 Å². The Morgan fingerprint density at radius 1 is 1.19 bits per heavy atom. The molecule has 3 rings (SSSR count). The van der Waals surface area contributed by atoms with E-state index in [0.717, 1.165) is 21.8 Å². The van der Waals surface area contributed by atoms with Gasteiger partial charge in [0.15, 0.2) is 18.1 Å². The standard InChI is InChI=1S/C22H19BrClNO6S/c1-3-30-17-9-14(8-16(24)20(17)31-12-19(26)29-2)10-18-21(27)25(22(28)32-18)11-13-4-6-15(23)7-5-13/h4-10H,3,11-12H2,1-2H3/b18-10-. The average Bonchev–Trinajstić information content (AvgIpc) is 3.02. The van der Waals surface area contributed by atoms with Gasteiger partial charge in [0.2, 0.25) is 0 Å². The van der Waals surface area contributed by atoms with Crippen LogP contribution in [-0.4, -0.2) is 42.3 Å². The first-order chi connectivity index (χ1) is 15.3. The average molecular weight is 541 g/mol. The zero-order valence-corrected chi connectivity index (χ0v) is 20.4. The van der Waals surface area contributed by atoms with Gasteiger partial charge in [-0.25, -0.2) is 4.79 Å². The van der Waals surface area contributed by atoms with E-state index in [0.29, 0.717) is 17.9 Å². The number of amides is 2. The molecule has 168 valence electrons. The fourth-order valence-electron chi connectivity index (χ4n) is 2.82. The Hall–Kier alpha value is -2.49. The lowest BCUT2D eigenvalue weighted by Crippen LogP contribution is -2.27. The predicted molar refractivity (Wildman–Crippen MR) is 126 cm³/mol. The van der Waals surface area contributed by atoms with Crippen molar-refractivity contribution in [3.8, 4) is 11.5 Å². The summed E-state index contributed by atoms with van der Waals surface area (Å²) in [6.07, 6.45) is 1.57. The Morgan fingerprint density at radius 2 is 1.91 bits per heavy atom. The molecule has 0 atom stereocenters. The Kier molecular flexibility index (Phi) is 8.22. The molecule has 1 aliphatic rings. The number of ether oxygens (including phenoxy) is 3. The minimum absolute atomic E-state index is 0.181. The minimum Gasteiger partial charge on any atom is -0.490 e. The summed E-state index contributed by atoms with van der Waals surface area (Å²) in [6.45, 7) is 1.97. The normalized spacial score (nSPS) is 14.8. The van der Waals surface area contributed by atoms with Crippen molar-refractivity contribution in [3.63, 3.8) is 0 Å². The third kappa shape index (κ3) is 5.85. The van der Waals surface area contributed by atoms with Crippen LogP contribution in [0.4, 0.5) is 4.79 Å². The molecular weight excluding hydrogens is 522 g/mol. The monoisotopic (exact) mass is 539 g/mol. The Morgan fingerprint density at radius 3 is 2.56 bits per heavy atom. The molecule has 1 heterocycles. The fourth-order valence-corrected chi connectivity index (χ4v) is 4.20. The van der Waals surface area contributed by atoms with Crippen molar-refractivity contribution in [2.75, 3.05) is 20.3 Å². The van der Waals surface area contributed by atoms with Crippen LogP contribution in [0.1, 0.15) is 18.1 Å². The van der Waals surface area contributed by atoms with Crippen molar-refractivity contribution >= 4 is 62.5 Å². The maximum atomic E-state index is 12.8. The molecule has 10 heteroatoms. The number of carbonyl (C=O) groups is 3. The van der Waals surface area contributed by atoms with E-state index in [1.807, 2.05) is 24.3 Å². The second-order valence-electron chi connectivity index (χ2n) is 6.52. The predicted octanol–water partition coefficient (Wildman–Crippen LogP) is 5.29. The molecule has 0 aliphatic carbocycles. The van der Waals surface area contributed by atoms with Gasteiger partial charge in [-0.15, -0.1) is 0 Å². The summed E-state index contributed by atoms with van der Waals surface area (Å²) in [5, 5.41) is -0.154. The number of imide groups is 1.